The van der Waals surface area contributed by atoms with Crippen LogP contribution < -0.4 is 10.1 Å². The number of rotatable bonds is 5. The molecule has 1 aromatic carbocycles. The molecule has 0 saturated heterocycles. The minimum absolute atomic E-state index is 0.0432. The quantitative estimate of drug-likeness (QED) is 0.921. The Morgan fingerprint density at radius 3 is 2.76 bits per heavy atom. The molecule has 0 saturated carbocycles. The molecule has 0 aliphatic carbocycles. The number of nitrogens with one attached hydrogen (secondary N) is 1. The smallest absolute Gasteiger partial charge is 0.387 e. The van der Waals surface area contributed by atoms with Crippen LogP contribution in [0.4, 0.5) is 14.5 Å². The monoisotopic (exact) mass is 296 g/mol. The number of amides is 1. The first kappa shape index (κ1) is 15.1. The second-order valence-electron chi connectivity index (χ2n) is 4.26. The first-order valence-corrected chi connectivity index (χ1v) is 6.19. The predicted molar refractivity (Wildman–Crippen MR) is 73.5 cm³/mol. The van der Waals surface area contributed by atoms with Crippen LogP contribution in [0.2, 0.25) is 0 Å². The van der Waals surface area contributed by atoms with Crippen molar-refractivity contribution in [2.45, 2.75) is 19.6 Å². The van der Waals surface area contributed by atoms with Crippen LogP contribution in [0.3, 0.4) is 0 Å². The molecule has 1 unspecified atom stereocenters. The maximum Gasteiger partial charge on any atom is 0.387 e. The minimum atomic E-state index is -2.94. The third-order valence-corrected chi connectivity index (χ3v) is 2.93. The lowest BCUT2D eigenvalue weighted by atomic mass is 10.1. The molecule has 2 rings (SSSR count). The summed E-state index contributed by atoms with van der Waals surface area (Å²) in [7, 11) is 1.42. The van der Waals surface area contributed by atoms with Gasteiger partial charge in [-0.25, -0.2) is 0 Å². The van der Waals surface area contributed by atoms with E-state index in [1.165, 1.54) is 25.4 Å². The van der Waals surface area contributed by atoms with Gasteiger partial charge in [0, 0.05) is 18.7 Å². The summed E-state index contributed by atoms with van der Waals surface area (Å²) in [6.07, 6.45) is 0.832. The van der Waals surface area contributed by atoms with Crippen molar-refractivity contribution in [1.82, 2.24) is 4.98 Å². The van der Waals surface area contributed by atoms with E-state index in [2.05, 4.69) is 15.0 Å². The lowest BCUT2D eigenvalue weighted by Crippen LogP contribution is -2.26. The second-order valence-corrected chi connectivity index (χ2v) is 4.26. The van der Waals surface area contributed by atoms with Crippen molar-refractivity contribution in [2.75, 3.05) is 12.4 Å². The summed E-state index contributed by atoms with van der Waals surface area (Å²) in [6.45, 7) is -1.34. The molecule has 1 atom stereocenters. The van der Waals surface area contributed by atoms with E-state index in [9.17, 15) is 13.6 Å². The van der Waals surface area contributed by atoms with Crippen molar-refractivity contribution in [3.8, 4) is 5.75 Å². The molecule has 0 aliphatic rings. The Kier molecular flexibility index (Phi) is 4.64. The number of aromatic nitrogens is 1. The van der Waals surface area contributed by atoms with Gasteiger partial charge in [-0.05, 0) is 31.2 Å². The van der Waals surface area contributed by atoms with E-state index in [1.54, 1.807) is 19.1 Å². The van der Waals surface area contributed by atoms with Gasteiger partial charge in [-0.2, -0.15) is 8.78 Å². The Labute approximate surface area is 119 Å². The first-order valence-electron chi connectivity index (χ1n) is 6.19. The molecule has 5 nitrogen and oxygen atoms in total. The van der Waals surface area contributed by atoms with Crippen LogP contribution in [-0.2, 0) is 9.53 Å². The van der Waals surface area contributed by atoms with Crippen molar-refractivity contribution < 1.29 is 23.0 Å². The van der Waals surface area contributed by atoms with Crippen molar-refractivity contribution in [3.05, 3.63) is 30.5 Å². The van der Waals surface area contributed by atoms with Gasteiger partial charge in [0.1, 0.15) is 11.6 Å². The van der Waals surface area contributed by atoms with Crippen LogP contribution in [0.15, 0.2) is 30.5 Å². The van der Waals surface area contributed by atoms with Gasteiger partial charge in [-0.3, -0.25) is 9.78 Å². The molecule has 112 valence electrons. The highest BCUT2D eigenvalue weighted by atomic mass is 19.3. The maximum atomic E-state index is 12.4. The summed E-state index contributed by atoms with van der Waals surface area (Å²) >= 11 is 0. The summed E-state index contributed by atoms with van der Waals surface area (Å²) < 4.78 is 34.1. The molecule has 1 heterocycles. The van der Waals surface area contributed by atoms with Crippen LogP contribution in [0.1, 0.15) is 6.92 Å². The van der Waals surface area contributed by atoms with Crippen LogP contribution >= 0.6 is 0 Å². The molecular formula is C14H14F2N2O3. The molecule has 2 aromatic rings. The van der Waals surface area contributed by atoms with Gasteiger partial charge in [-0.1, -0.05) is 0 Å². The lowest BCUT2D eigenvalue weighted by Gasteiger charge is -2.14. The predicted octanol–water partition coefficient (Wildman–Crippen LogP) is 2.81. The number of hydrogen-bond acceptors (Lipinski definition) is 4. The van der Waals surface area contributed by atoms with Crippen molar-refractivity contribution in [2.24, 2.45) is 0 Å². The minimum Gasteiger partial charge on any atom is -0.432 e. The number of benzene rings is 1. The van der Waals surface area contributed by atoms with Gasteiger partial charge in [0.15, 0.2) is 5.75 Å². The molecule has 1 N–H and O–H groups in total. The van der Waals surface area contributed by atoms with Gasteiger partial charge in [0.2, 0.25) is 0 Å². The van der Waals surface area contributed by atoms with E-state index in [0.717, 1.165) is 0 Å². The van der Waals surface area contributed by atoms with Gasteiger partial charge < -0.3 is 14.8 Å². The number of carbonyl (C=O) groups is 1. The normalized spacial score (nSPS) is 12.4. The van der Waals surface area contributed by atoms with E-state index in [4.69, 9.17) is 4.74 Å². The number of pyridine rings is 1. The molecule has 0 bridgehead atoms. The van der Waals surface area contributed by atoms with Gasteiger partial charge in [0.25, 0.3) is 5.91 Å². The fourth-order valence-electron chi connectivity index (χ4n) is 1.79. The number of carbonyl (C=O) groups excluding carboxylic acids is 1. The Hall–Kier alpha value is -2.28. The van der Waals surface area contributed by atoms with Crippen LogP contribution in [0, 0.1) is 0 Å². The number of hydrogen-bond donors (Lipinski definition) is 1. The van der Waals surface area contributed by atoms with Crippen LogP contribution in [0.25, 0.3) is 10.9 Å². The molecular weight excluding hydrogens is 282 g/mol. The van der Waals surface area contributed by atoms with Crippen molar-refractivity contribution >= 4 is 22.5 Å². The Balaban J connectivity index is 2.40. The summed E-state index contributed by atoms with van der Waals surface area (Å²) in [5.41, 5.74) is 0.703. The number of nitrogens with zero attached hydrogens (tertiary/aromatic N) is 1. The van der Waals surface area contributed by atoms with Crippen LogP contribution in [-0.4, -0.2) is 30.7 Å². The Morgan fingerprint density at radius 1 is 1.33 bits per heavy atom. The van der Waals surface area contributed by atoms with E-state index in [1.807, 2.05) is 0 Å². The van der Waals surface area contributed by atoms with E-state index < -0.39 is 12.7 Å². The molecule has 0 fully saturated rings. The SMILES string of the molecule is COC(C)C(=O)Nc1ccc(OC(F)F)c2ncccc12. The van der Waals surface area contributed by atoms with Gasteiger partial charge in [-0.15, -0.1) is 0 Å². The molecule has 21 heavy (non-hydrogen) atoms. The molecule has 1 amide bonds. The number of halogens is 2. The number of methoxy groups -OCH3 is 1. The summed E-state index contributed by atoms with van der Waals surface area (Å²) in [4.78, 5) is 15.9. The number of anilines is 1. The second kappa shape index (κ2) is 6.45. The highest BCUT2D eigenvalue weighted by Crippen LogP contribution is 2.31. The number of ether oxygens (including phenoxy) is 2. The molecule has 7 heteroatoms. The van der Waals surface area contributed by atoms with Gasteiger partial charge in [0.05, 0.1) is 5.69 Å². The topological polar surface area (TPSA) is 60.5 Å². The number of fused-ring (bicyclic) bond motifs is 1. The average Bonchev–Trinajstić information content (AvgIpc) is 2.48. The number of alkyl halides is 2. The molecule has 0 radical (unpaired) electrons. The van der Waals surface area contributed by atoms with Crippen molar-refractivity contribution in [1.29, 1.82) is 0 Å². The highest BCUT2D eigenvalue weighted by molar-refractivity contribution is 6.03. The highest BCUT2D eigenvalue weighted by Gasteiger charge is 2.16. The summed E-state index contributed by atoms with van der Waals surface area (Å²) in [5, 5.41) is 3.18. The van der Waals surface area contributed by atoms with Gasteiger partial charge >= 0.3 is 6.61 Å². The zero-order valence-corrected chi connectivity index (χ0v) is 11.5. The molecule has 0 spiro atoms. The third kappa shape index (κ3) is 3.43. The zero-order chi connectivity index (χ0) is 15.4. The van der Waals surface area contributed by atoms with E-state index >= 15 is 0 Å². The third-order valence-electron chi connectivity index (χ3n) is 2.93. The first-order chi connectivity index (χ1) is 10.0. The largest absolute Gasteiger partial charge is 0.432 e. The summed E-state index contributed by atoms with van der Waals surface area (Å²) in [6, 6.07) is 6.13. The Bertz CT molecular complexity index is 649. The Morgan fingerprint density at radius 2 is 2.10 bits per heavy atom. The standard InChI is InChI=1S/C14H14F2N2O3/c1-8(20-2)13(19)18-10-5-6-11(21-14(15)16)12-9(10)4-3-7-17-12/h3-8,14H,1-2H3,(H,18,19). The van der Waals surface area contributed by atoms with Crippen LogP contribution in [0.5, 0.6) is 5.75 Å². The fraction of sp³-hybridized carbons (Fsp3) is 0.286. The lowest BCUT2D eigenvalue weighted by molar-refractivity contribution is -0.124. The van der Waals surface area contributed by atoms with Crippen molar-refractivity contribution in [3.63, 3.8) is 0 Å². The van der Waals surface area contributed by atoms with E-state index in [0.29, 0.717) is 11.1 Å². The molecule has 1 aromatic heterocycles. The fourth-order valence-corrected chi connectivity index (χ4v) is 1.79. The zero-order valence-electron chi connectivity index (χ0n) is 11.5. The maximum absolute atomic E-state index is 12.4. The summed E-state index contributed by atoms with van der Waals surface area (Å²) in [5.74, 6) is -0.386. The van der Waals surface area contributed by atoms with E-state index in [-0.39, 0.29) is 17.2 Å². The molecule has 0 aliphatic heterocycles. The average molecular weight is 296 g/mol.